The van der Waals surface area contributed by atoms with Gasteiger partial charge in [0.25, 0.3) is 5.91 Å². The van der Waals surface area contributed by atoms with Gasteiger partial charge in [-0.3, -0.25) is 9.59 Å². The number of nitrogens with one attached hydrogen (secondary N) is 1. The van der Waals surface area contributed by atoms with Gasteiger partial charge in [-0.1, -0.05) is 0 Å². The smallest absolute Gasteiger partial charge is 0.550 e. The molecule has 8 nitrogen and oxygen atoms in total. The summed E-state index contributed by atoms with van der Waals surface area (Å²) in [7, 11) is 0. The van der Waals surface area contributed by atoms with Gasteiger partial charge in [0.1, 0.15) is 5.76 Å². The standard InChI is InChI=1S/C20H23N3O5.K/c1-12-11-28-16(10-17(24)25)18(12)20(27)22-14-9-13(19(21)26)5-6-15(14)23-7-3-2-4-8-23;/h5-6,9,11H,2-4,7-8,10H2,1H3,(H2,21,26)(H,22,27)(H,24,25);/q;+1/p-1. The van der Waals surface area contributed by atoms with E-state index in [4.69, 9.17) is 10.2 Å². The molecular weight excluding hydrogens is 401 g/mol. The number of nitrogens with zero attached hydrogens (tertiary/aromatic N) is 1. The Morgan fingerprint density at radius 3 is 2.52 bits per heavy atom. The molecule has 2 heterocycles. The maximum Gasteiger partial charge on any atom is 1.00 e. The molecule has 0 atom stereocenters. The van der Waals surface area contributed by atoms with Crippen LogP contribution in [-0.4, -0.2) is 30.9 Å². The third-order valence-electron chi connectivity index (χ3n) is 4.81. The van der Waals surface area contributed by atoms with Crippen molar-refractivity contribution in [1.29, 1.82) is 0 Å². The fourth-order valence-corrected chi connectivity index (χ4v) is 3.45. The molecule has 1 aliphatic rings. The zero-order valence-corrected chi connectivity index (χ0v) is 19.7. The van der Waals surface area contributed by atoms with Gasteiger partial charge in [-0.15, -0.1) is 0 Å². The molecule has 0 spiro atoms. The van der Waals surface area contributed by atoms with Gasteiger partial charge >= 0.3 is 51.4 Å². The monoisotopic (exact) mass is 423 g/mol. The van der Waals surface area contributed by atoms with Crippen molar-refractivity contribution in [2.24, 2.45) is 5.73 Å². The molecule has 0 aliphatic carbocycles. The number of carbonyl (C=O) groups is 3. The van der Waals surface area contributed by atoms with Crippen LogP contribution < -0.4 is 72.4 Å². The van der Waals surface area contributed by atoms with E-state index in [0.29, 0.717) is 11.3 Å². The number of carboxylic acids is 1. The molecule has 0 saturated carbocycles. The molecule has 148 valence electrons. The van der Waals surface area contributed by atoms with E-state index in [1.807, 2.05) is 0 Å². The van der Waals surface area contributed by atoms with E-state index < -0.39 is 24.2 Å². The minimum absolute atomic E-state index is 0. The molecule has 1 aliphatic heterocycles. The van der Waals surface area contributed by atoms with Gasteiger partial charge in [0.05, 0.1) is 23.2 Å². The van der Waals surface area contributed by atoms with Gasteiger partial charge < -0.3 is 30.3 Å². The van der Waals surface area contributed by atoms with Crippen LogP contribution in [0.3, 0.4) is 0 Å². The topological polar surface area (TPSA) is 129 Å². The molecule has 29 heavy (non-hydrogen) atoms. The van der Waals surface area contributed by atoms with E-state index in [1.165, 1.54) is 12.3 Å². The Hall–Kier alpha value is -1.65. The SMILES string of the molecule is Cc1coc(CC(=O)[O-])c1C(=O)Nc1cc(C(N)=O)ccc1N1CCCCC1.[K+]. The quantitative estimate of drug-likeness (QED) is 0.529. The third kappa shape index (κ3) is 5.70. The number of piperidine rings is 1. The number of furan rings is 1. The van der Waals surface area contributed by atoms with Crippen molar-refractivity contribution in [3.63, 3.8) is 0 Å². The van der Waals surface area contributed by atoms with Gasteiger partial charge in [0.15, 0.2) is 0 Å². The molecule has 2 aromatic rings. The summed E-state index contributed by atoms with van der Waals surface area (Å²) < 4.78 is 5.21. The first-order valence-electron chi connectivity index (χ1n) is 9.13. The van der Waals surface area contributed by atoms with Gasteiger partial charge in [-0.2, -0.15) is 0 Å². The van der Waals surface area contributed by atoms with E-state index in [-0.39, 0.29) is 68.3 Å². The molecule has 1 saturated heterocycles. The van der Waals surface area contributed by atoms with E-state index >= 15 is 0 Å². The molecule has 2 amide bonds. The van der Waals surface area contributed by atoms with Crippen LogP contribution in [0.25, 0.3) is 0 Å². The number of carbonyl (C=O) groups excluding carboxylic acids is 3. The Kier molecular flexibility index (Phi) is 8.47. The van der Waals surface area contributed by atoms with Gasteiger partial charge in [-0.05, 0) is 44.4 Å². The summed E-state index contributed by atoms with van der Waals surface area (Å²) >= 11 is 0. The fourth-order valence-electron chi connectivity index (χ4n) is 3.45. The first kappa shape index (κ1) is 23.6. The van der Waals surface area contributed by atoms with Crippen molar-refractivity contribution in [2.75, 3.05) is 23.3 Å². The normalized spacial score (nSPS) is 13.5. The number of aliphatic carboxylic acids is 1. The first-order chi connectivity index (χ1) is 13.4. The average molecular weight is 424 g/mol. The molecule has 1 aromatic heterocycles. The van der Waals surface area contributed by atoms with Crippen LogP contribution in [0.15, 0.2) is 28.9 Å². The Balaban J connectivity index is 0.00000300. The van der Waals surface area contributed by atoms with Crippen LogP contribution in [0.1, 0.15) is 51.3 Å². The second-order valence-corrected chi connectivity index (χ2v) is 6.86. The van der Waals surface area contributed by atoms with Crippen LogP contribution in [-0.2, 0) is 11.2 Å². The number of nitrogens with two attached hydrogens (primary N) is 1. The van der Waals surface area contributed by atoms with Crippen LogP contribution in [0.2, 0.25) is 0 Å². The number of carboxylic acid groups (broad SMARTS) is 1. The summed E-state index contributed by atoms with van der Waals surface area (Å²) in [6.45, 7) is 3.35. The Bertz CT molecular complexity index is 919. The minimum atomic E-state index is -1.34. The number of amides is 2. The van der Waals surface area contributed by atoms with Gasteiger partial charge in [0.2, 0.25) is 5.91 Å². The summed E-state index contributed by atoms with van der Waals surface area (Å²) in [5, 5.41) is 13.7. The van der Waals surface area contributed by atoms with Crippen molar-refractivity contribution in [1.82, 2.24) is 0 Å². The molecule has 1 fully saturated rings. The number of hydrogen-bond acceptors (Lipinski definition) is 6. The molecule has 0 unspecified atom stereocenters. The molecule has 3 N–H and O–H groups in total. The number of primary amides is 1. The van der Waals surface area contributed by atoms with E-state index in [1.54, 1.807) is 19.1 Å². The second-order valence-electron chi connectivity index (χ2n) is 6.86. The predicted octanol–water partition coefficient (Wildman–Crippen LogP) is -1.77. The molecule has 0 radical (unpaired) electrons. The Morgan fingerprint density at radius 2 is 1.90 bits per heavy atom. The van der Waals surface area contributed by atoms with Crippen molar-refractivity contribution < 1.29 is 75.3 Å². The van der Waals surface area contributed by atoms with E-state index in [0.717, 1.165) is 38.0 Å². The zero-order chi connectivity index (χ0) is 20.3. The van der Waals surface area contributed by atoms with Crippen LogP contribution in [0, 0.1) is 6.92 Å². The number of aryl methyl sites for hydroxylation is 1. The first-order valence-corrected chi connectivity index (χ1v) is 9.13. The summed E-state index contributed by atoms with van der Waals surface area (Å²) in [6.07, 6.45) is 4.07. The summed E-state index contributed by atoms with van der Waals surface area (Å²) in [4.78, 5) is 37.6. The van der Waals surface area contributed by atoms with E-state index in [2.05, 4.69) is 10.2 Å². The number of hydrogen-bond donors (Lipinski definition) is 2. The van der Waals surface area contributed by atoms with Crippen molar-refractivity contribution in [3.05, 3.63) is 46.9 Å². The second kappa shape index (κ2) is 10.4. The molecule has 0 bridgehead atoms. The van der Waals surface area contributed by atoms with Gasteiger partial charge in [-0.25, -0.2) is 0 Å². The van der Waals surface area contributed by atoms with Crippen LogP contribution in [0.4, 0.5) is 11.4 Å². The molecular formula is C20H22KN3O5. The summed E-state index contributed by atoms with van der Waals surface area (Å²) in [6, 6.07) is 4.94. The van der Waals surface area contributed by atoms with Crippen molar-refractivity contribution in [2.45, 2.75) is 32.6 Å². The largest absolute Gasteiger partial charge is 1.00 e. The Labute approximate surface area is 211 Å². The predicted molar refractivity (Wildman–Crippen MR) is 101 cm³/mol. The maximum absolute atomic E-state index is 12.9. The maximum atomic E-state index is 12.9. The summed E-state index contributed by atoms with van der Waals surface area (Å²) in [5.41, 5.74) is 7.56. The Morgan fingerprint density at radius 1 is 1.21 bits per heavy atom. The molecule has 9 heteroatoms. The average Bonchev–Trinajstić information content (AvgIpc) is 3.01. The number of rotatable bonds is 6. The molecule has 1 aromatic carbocycles. The summed E-state index contributed by atoms with van der Waals surface area (Å²) in [5.74, 6) is -2.42. The van der Waals surface area contributed by atoms with Gasteiger partial charge in [0, 0.05) is 36.6 Å². The minimum Gasteiger partial charge on any atom is -0.550 e. The van der Waals surface area contributed by atoms with Crippen LogP contribution in [0.5, 0.6) is 0 Å². The third-order valence-corrected chi connectivity index (χ3v) is 4.81. The number of benzene rings is 1. The van der Waals surface area contributed by atoms with Crippen molar-refractivity contribution >= 4 is 29.2 Å². The van der Waals surface area contributed by atoms with Crippen molar-refractivity contribution in [3.8, 4) is 0 Å². The fraction of sp³-hybridized carbons (Fsp3) is 0.350. The van der Waals surface area contributed by atoms with Crippen LogP contribution >= 0.6 is 0 Å². The molecule has 3 rings (SSSR count). The number of anilines is 2. The van der Waals surface area contributed by atoms with E-state index in [9.17, 15) is 19.5 Å². The zero-order valence-electron chi connectivity index (χ0n) is 16.6.